The van der Waals surface area contributed by atoms with E-state index in [1.807, 2.05) is 24.6 Å². The minimum atomic E-state index is -0.125. The van der Waals surface area contributed by atoms with Crippen molar-refractivity contribution < 1.29 is 4.79 Å². The highest BCUT2D eigenvalue weighted by atomic mass is 79.9. The van der Waals surface area contributed by atoms with Gasteiger partial charge in [-0.1, -0.05) is 6.92 Å². The summed E-state index contributed by atoms with van der Waals surface area (Å²) >= 11 is 3.35. The molecule has 92 valence electrons. The smallest absolute Gasteiger partial charge is 0.268 e. The monoisotopic (exact) mass is 297 g/mol. The van der Waals surface area contributed by atoms with E-state index >= 15 is 0 Å². The molecule has 5 heteroatoms. The maximum absolute atomic E-state index is 12.0. The Labute approximate surface area is 110 Å². The van der Waals surface area contributed by atoms with Crippen molar-refractivity contribution in [2.45, 2.75) is 39.3 Å². The van der Waals surface area contributed by atoms with E-state index < -0.39 is 0 Å². The minimum Gasteiger partial charge on any atom is -0.347 e. The predicted octanol–water partition coefficient (Wildman–Crippen LogP) is 2.69. The van der Waals surface area contributed by atoms with Gasteiger partial charge in [-0.3, -0.25) is 4.79 Å². The fraction of sp³-hybridized carbons (Fsp3) is 0.500. The van der Waals surface area contributed by atoms with Crippen molar-refractivity contribution in [1.29, 1.82) is 5.26 Å². The number of hydrogen-bond acceptors (Lipinski definition) is 2. The van der Waals surface area contributed by atoms with Gasteiger partial charge in [-0.2, -0.15) is 5.26 Å². The number of aryl methyl sites for hydroxylation is 1. The van der Waals surface area contributed by atoms with Crippen molar-refractivity contribution in [2.24, 2.45) is 0 Å². The van der Waals surface area contributed by atoms with Crippen LogP contribution >= 0.6 is 15.9 Å². The lowest BCUT2D eigenvalue weighted by Gasteiger charge is -2.14. The lowest BCUT2D eigenvalue weighted by molar-refractivity contribution is 0.0927. The first kappa shape index (κ1) is 13.8. The average Bonchev–Trinajstić information content (AvgIpc) is 2.69. The molecule has 1 heterocycles. The quantitative estimate of drug-likeness (QED) is 0.908. The summed E-state index contributed by atoms with van der Waals surface area (Å²) in [6.07, 6.45) is 2.98. The van der Waals surface area contributed by atoms with Gasteiger partial charge in [-0.05, 0) is 35.3 Å². The maximum atomic E-state index is 12.0. The molecule has 0 fully saturated rings. The zero-order valence-electron chi connectivity index (χ0n) is 10.0. The second kappa shape index (κ2) is 6.45. The van der Waals surface area contributed by atoms with Crippen molar-refractivity contribution in [1.82, 2.24) is 9.88 Å². The van der Waals surface area contributed by atoms with Crippen LogP contribution in [0.4, 0.5) is 0 Å². The van der Waals surface area contributed by atoms with Gasteiger partial charge in [0.2, 0.25) is 0 Å². The fourth-order valence-corrected chi connectivity index (χ4v) is 2.06. The van der Waals surface area contributed by atoms with Gasteiger partial charge in [0.15, 0.2) is 0 Å². The third-order valence-electron chi connectivity index (χ3n) is 2.60. The summed E-state index contributed by atoms with van der Waals surface area (Å²) < 4.78 is 2.76. The van der Waals surface area contributed by atoms with Crippen LogP contribution in [0.2, 0.25) is 0 Å². The molecule has 0 aliphatic carbocycles. The van der Waals surface area contributed by atoms with Crippen LogP contribution in [-0.4, -0.2) is 16.5 Å². The number of carbonyl (C=O) groups excluding carboxylic acids is 1. The Morgan fingerprint density at radius 2 is 2.35 bits per heavy atom. The summed E-state index contributed by atoms with van der Waals surface area (Å²) in [5, 5.41) is 11.5. The Bertz CT molecular complexity index is 433. The van der Waals surface area contributed by atoms with E-state index in [2.05, 4.69) is 27.3 Å². The summed E-state index contributed by atoms with van der Waals surface area (Å²) in [6, 6.07) is 3.79. The van der Waals surface area contributed by atoms with Gasteiger partial charge in [0.25, 0.3) is 5.91 Å². The van der Waals surface area contributed by atoms with E-state index in [0.29, 0.717) is 12.1 Å². The molecule has 0 saturated carbocycles. The standard InChI is InChI=1S/C12H16BrN3O/c1-3-10(5-6-14)15-12(17)11-7-9(13)8-16(11)4-2/h7-8,10H,3-5H2,1-2H3,(H,15,17). The fourth-order valence-electron chi connectivity index (χ4n) is 1.59. The normalized spacial score (nSPS) is 11.9. The second-order valence-corrected chi connectivity index (χ2v) is 4.69. The number of halogens is 1. The van der Waals surface area contributed by atoms with Crippen molar-refractivity contribution in [3.63, 3.8) is 0 Å². The van der Waals surface area contributed by atoms with Crippen molar-refractivity contribution in [2.75, 3.05) is 0 Å². The Kier molecular flexibility index (Phi) is 5.23. The van der Waals surface area contributed by atoms with E-state index in [-0.39, 0.29) is 11.9 Å². The Balaban J connectivity index is 2.78. The Hall–Kier alpha value is -1.28. The Morgan fingerprint density at radius 1 is 1.65 bits per heavy atom. The topological polar surface area (TPSA) is 57.8 Å². The largest absolute Gasteiger partial charge is 0.347 e. The molecule has 1 aromatic heterocycles. The van der Waals surface area contributed by atoms with Crippen molar-refractivity contribution in [3.05, 3.63) is 22.4 Å². The minimum absolute atomic E-state index is 0.0773. The Morgan fingerprint density at radius 3 is 2.88 bits per heavy atom. The number of rotatable bonds is 5. The number of nitrogens with zero attached hydrogens (tertiary/aromatic N) is 2. The molecule has 1 rings (SSSR count). The van der Waals surface area contributed by atoms with Crippen molar-refractivity contribution in [3.8, 4) is 6.07 Å². The van der Waals surface area contributed by atoms with Gasteiger partial charge < -0.3 is 9.88 Å². The highest BCUT2D eigenvalue weighted by Crippen LogP contribution is 2.15. The van der Waals surface area contributed by atoms with Crippen molar-refractivity contribution >= 4 is 21.8 Å². The molecule has 1 N–H and O–H groups in total. The first-order valence-corrected chi connectivity index (χ1v) is 6.45. The summed E-state index contributed by atoms with van der Waals surface area (Å²) in [5.41, 5.74) is 0.621. The highest BCUT2D eigenvalue weighted by Gasteiger charge is 2.15. The molecule has 0 bridgehead atoms. The lowest BCUT2D eigenvalue weighted by atomic mass is 10.1. The molecule has 0 spiro atoms. The highest BCUT2D eigenvalue weighted by molar-refractivity contribution is 9.10. The molecular formula is C12H16BrN3O. The van der Waals surface area contributed by atoms with Crippen LogP contribution in [0.15, 0.2) is 16.7 Å². The molecule has 17 heavy (non-hydrogen) atoms. The molecule has 1 unspecified atom stereocenters. The van der Waals surface area contributed by atoms with Crippen LogP contribution in [0.25, 0.3) is 0 Å². The summed E-state index contributed by atoms with van der Waals surface area (Å²) in [5.74, 6) is -0.125. The third kappa shape index (κ3) is 3.60. The molecule has 0 radical (unpaired) electrons. The molecular weight excluding hydrogens is 282 g/mol. The van der Waals surface area contributed by atoms with Crippen LogP contribution in [0.5, 0.6) is 0 Å². The number of carbonyl (C=O) groups is 1. The van der Waals surface area contributed by atoms with Crippen LogP contribution in [0, 0.1) is 11.3 Å². The molecule has 0 aliphatic heterocycles. The van der Waals surface area contributed by atoms with Gasteiger partial charge >= 0.3 is 0 Å². The zero-order chi connectivity index (χ0) is 12.8. The number of amides is 1. The maximum Gasteiger partial charge on any atom is 0.268 e. The molecule has 1 amide bonds. The van der Waals surface area contributed by atoms with Gasteiger partial charge in [0, 0.05) is 23.3 Å². The summed E-state index contributed by atoms with van der Waals surface area (Å²) in [4.78, 5) is 12.0. The SMILES string of the molecule is CCC(CC#N)NC(=O)c1cc(Br)cn1CC. The van der Waals surface area contributed by atoms with Crippen LogP contribution in [0.1, 0.15) is 37.2 Å². The van der Waals surface area contributed by atoms with Gasteiger partial charge in [0.05, 0.1) is 12.5 Å². The number of aromatic nitrogens is 1. The van der Waals surface area contributed by atoms with E-state index in [1.54, 1.807) is 6.07 Å². The van der Waals surface area contributed by atoms with Gasteiger partial charge in [-0.25, -0.2) is 0 Å². The van der Waals surface area contributed by atoms with Crippen LogP contribution in [-0.2, 0) is 6.54 Å². The van der Waals surface area contributed by atoms with Gasteiger partial charge in [0.1, 0.15) is 5.69 Å². The first-order chi connectivity index (χ1) is 8.12. The van der Waals surface area contributed by atoms with E-state index in [9.17, 15) is 4.79 Å². The van der Waals surface area contributed by atoms with Crippen LogP contribution in [0.3, 0.4) is 0 Å². The molecule has 0 saturated heterocycles. The van der Waals surface area contributed by atoms with E-state index in [4.69, 9.17) is 5.26 Å². The second-order valence-electron chi connectivity index (χ2n) is 3.77. The van der Waals surface area contributed by atoms with Gasteiger partial charge in [-0.15, -0.1) is 0 Å². The number of nitriles is 1. The lowest BCUT2D eigenvalue weighted by Crippen LogP contribution is -2.35. The summed E-state index contributed by atoms with van der Waals surface area (Å²) in [6.45, 7) is 4.68. The molecule has 0 aliphatic rings. The predicted molar refractivity (Wildman–Crippen MR) is 69.6 cm³/mol. The average molecular weight is 298 g/mol. The molecule has 4 nitrogen and oxygen atoms in total. The molecule has 0 aromatic carbocycles. The summed E-state index contributed by atoms with van der Waals surface area (Å²) in [7, 11) is 0. The zero-order valence-corrected chi connectivity index (χ0v) is 11.6. The molecule has 1 atom stereocenters. The van der Waals surface area contributed by atoms with E-state index in [0.717, 1.165) is 17.4 Å². The number of nitrogens with one attached hydrogen (secondary N) is 1. The van der Waals surface area contributed by atoms with E-state index in [1.165, 1.54) is 0 Å². The first-order valence-electron chi connectivity index (χ1n) is 5.65. The molecule has 1 aromatic rings. The van der Waals surface area contributed by atoms with Crippen LogP contribution < -0.4 is 5.32 Å². The number of hydrogen-bond donors (Lipinski definition) is 1. The third-order valence-corrected chi connectivity index (χ3v) is 3.04.